The Morgan fingerprint density at radius 1 is 1.24 bits per heavy atom. The Balaban J connectivity index is 1.86. The van der Waals surface area contributed by atoms with Crippen molar-refractivity contribution in [2.75, 3.05) is 20.2 Å². The summed E-state index contributed by atoms with van der Waals surface area (Å²) in [5, 5.41) is 3.71. The second-order valence-electron chi connectivity index (χ2n) is 5.56. The largest absolute Gasteiger partial charge is 0.453 e. The first-order valence-corrected chi connectivity index (χ1v) is 6.78. The van der Waals surface area contributed by atoms with Crippen molar-refractivity contribution in [1.29, 1.82) is 0 Å². The molecule has 2 atom stereocenters. The van der Waals surface area contributed by atoms with Gasteiger partial charge in [0.15, 0.2) is 0 Å². The summed E-state index contributed by atoms with van der Waals surface area (Å²) in [6, 6.07) is 1.12. The number of likely N-dealkylation sites (tertiary alicyclic amines) is 1. The van der Waals surface area contributed by atoms with E-state index in [9.17, 15) is 4.79 Å². The average Bonchev–Trinajstić information content (AvgIpc) is 2.80. The number of piperidine rings is 1. The van der Waals surface area contributed by atoms with Crippen LogP contribution in [0.2, 0.25) is 0 Å². The maximum absolute atomic E-state index is 11.6. The third kappa shape index (κ3) is 3.35. The van der Waals surface area contributed by atoms with Crippen molar-refractivity contribution in [3.8, 4) is 0 Å². The molecule has 0 bridgehead atoms. The highest BCUT2D eigenvalue weighted by Gasteiger charge is 2.30. The van der Waals surface area contributed by atoms with Crippen LogP contribution in [0.1, 0.15) is 39.0 Å². The first-order valence-electron chi connectivity index (χ1n) is 6.78. The van der Waals surface area contributed by atoms with Crippen LogP contribution in [-0.4, -0.2) is 43.3 Å². The van der Waals surface area contributed by atoms with Gasteiger partial charge in [-0.25, -0.2) is 4.79 Å². The lowest BCUT2D eigenvalue weighted by molar-refractivity contribution is 0.0920. The van der Waals surface area contributed by atoms with Crippen LogP contribution in [0.15, 0.2) is 0 Å². The second-order valence-corrected chi connectivity index (χ2v) is 5.56. The Bertz CT molecular complexity index is 264. The Morgan fingerprint density at radius 2 is 1.94 bits per heavy atom. The van der Waals surface area contributed by atoms with Gasteiger partial charge in [0.2, 0.25) is 0 Å². The molecule has 1 N–H and O–H groups in total. The molecule has 1 amide bonds. The SMILES string of the molecule is COC(=O)N1CC(C)CC(NC2CCCC2)C1. The minimum atomic E-state index is -0.185. The quantitative estimate of drug-likeness (QED) is 0.802. The van der Waals surface area contributed by atoms with E-state index in [4.69, 9.17) is 4.74 Å². The zero-order valence-corrected chi connectivity index (χ0v) is 10.9. The van der Waals surface area contributed by atoms with Crippen molar-refractivity contribution in [2.24, 2.45) is 5.92 Å². The van der Waals surface area contributed by atoms with Crippen molar-refractivity contribution in [1.82, 2.24) is 10.2 Å². The lowest BCUT2D eigenvalue weighted by atomic mass is 9.95. The summed E-state index contributed by atoms with van der Waals surface area (Å²) >= 11 is 0. The first kappa shape index (κ1) is 12.7. The molecule has 2 rings (SSSR count). The Kier molecular flexibility index (Phi) is 4.26. The highest BCUT2D eigenvalue weighted by atomic mass is 16.5. The number of nitrogens with one attached hydrogen (secondary N) is 1. The van der Waals surface area contributed by atoms with E-state index < -0.39 is 0 Å². The number of carbonyl (C=O) groups excluding carboxylic acids is 1. The molecule has 2 aliphatic rings. The molecule has 2 fully saturated rings. The van der Waals surface area contributed by atoms with Crippen LogP contribution in [0.4, 0.5) is 4.79 Å². The van der Waals surface area contributed by atoms with Gasteiger partial charge in [0.05, 0.1) is 7.11 Å². The van der Waals surface area contributed by atoms with Gasteiger partial charge in [-0.1, -0.05) is 19.8 Å². The zero-order valence-electron chi connectivity index (χ0n) is 10.9. The first-order chi connectivity index (χ1) is 8.19. The van der Waals surface area contributed by atoms with E-state index in [1.165, 1.54) is 39.2 Å². The molecule has 1 saturated heterocycles. The molecule has 0 aromatic rings. The summed E-state index contributed by atoms with van der Waals surface area (Å²) in [4.78, 5) is 13.4. The monoisotopic (exact) mass is 240 g/mol. The van der Waals surface area contributed by atoms with Gasteiger partial charge >= 0.3 is 6.09 Å². The highest BCUT2D eigenvalue weighted by molar-refractivity contribution is 5.67. The molecule has 17 heavy (non-hydrogen) atoms. The lowest BCUT2D eigenvalue weighted by Gasteiger charge is -2.37. The Labute approximate surface area is 104 Å². The summed E-state index contributed by atoms with van der Waals surface area (Å²) < 4.78 is 4.82. The van der Waals surface area contributed by atoms with Crippen LogP contribution < -0.4 is 5.32 Å². The molecule has 1 saturated carbocycles. The third-order valence-corrected chi connectivity index (χ3v) is 3.92. The van der Waals surface area contributed by atoms with E-state index >= 15 is 0 Å². The predicted octanol–water partition coefficient (Wildman–Crippen LogP) is 2.00. The lowest BCUT2D eigenvalue weighted by Crippen LogP contribution is -2.52. The molecular formula is C13H24N2O2. The Morgan fingerprint density at radius 3 is 2.59 bits per heavy atom. The van der Waals surface area contributed by atoms with E-state index in [1.807, 2.05) is 4.90 Å². The van der Waals surface area contributed by atoms with Crippen LogP contribution in [0.5, 0.6) is 0 Å². The van der Waals surface area contributed by atoms with Crippen molar-refractivity contribution < 1.29 is 9.53 Å². The summed E-state index contributed by atoms with van der Waals surface area (Å²) in [5.41, 5.74) is 0. The second kappa shape index (κ2) is 5.71. The average molecular weight is 240 g/mol. The topological polar surface area (TPSA) is 41.6 Å². The molecule has 98 valence electrons. The van der Waals surface area contributed by atoms with Gasteiger partial charge in [0.25, 0.3) is 0 Å². The van der Waals surface area contributed by atoms with Gasteiger partial charge in [-0.3, -0.25) is 0 Å². The van der Waals surface area contributed by atoms with Gasteiger partial charge < -0.3 is 15.0 Å². The fourth-order valence-corrected chi connectivity index (χ4v) is 3.18. The molecule has 1 heterocycles. The van der Waals surface area contributed by atoms with Crippen molar-refractivity contribution in [3.63, 3.8) is 0 Å². The normalized spacial score (nSPS) is 30.6. The van der Waals surface area contributed by atoms with Crippen LogP contribution in [-0.2, 0) is 4.74 Å². The van der Waals surface area contributed by atoms with Crippen molar-refractivity contribution in [3.05, 3.63) is 0 Å². The number of ether oxygens (including phenoxy) is 1. The number of hydrogen-bond donors (Lipinski definition) is 1. The van der Waals surface area contributed by atoms with E-state index in [0.717, 1.165) is 13.1 Å². The molecule has 0 aromatic carbocycles. The number of hydrogen-bond acceptors (Lipinski definition) is 3. The standard InChI is InChI=1S/C13H24N2O2/c1-10-7-12(14-11-5-3-4-6-11)9-15(8-10)13(16)17-2/h10-12,14H,3-9H2,1-2H3. The number of amides is 1. The van der Waals surface area contributed by atoms with Gasteiger partial charge in [-0.15, -0.1) is 0 Å². The maximum Gasteiger partial charge on any atom is 0.409 e. The van der Waals surface area contributed by atoms with E-state index in [1.54, 1.807) is 0 Å². The van der Waals surface area contributed by atoms with Crippen molar-refractivity contribution in [2.45, 2.75) is 51.1 Å². The minimum Gasteiger partial charge on any atom is -0.453 e. The molecule has 0 radical (unpaired) electrons. The maximum atomic E-state index is 11.6. The highest BCUT2D eigenvalue weighted by Crippen LogP contribution is 2.22. The van der Waals surface area contributed by atoms with Crippen molar-refractivity contribution >= 4 is 6.09 Å². The summed E-state index contributed by atoms with van der Waals surface area (Å²) in [5.74, 6) is 0.557. The smallest absolute Gasteiger partial charge is 0.409 e. The number of nitrogens with zero attached hydrogens (tertiary/aromatic N) is 1. The molecule has 0 spiro atoms. The number of carbonyl (C=O) groups is 1. The minimum absolute atomic E-state index is 0.185. The number of rotatable bonds is 2. The summed E-state index contributed by atoms with van der Waals surface area (Å²) in [7, 11) is 1.46. The molecule has 1 aliphatic carbocycles. The predicted molar refractivity (Wildman–Crippen MR) is 66.9 cm³/mol. The molecule has 4 heteroatoms. The molecule has 0 aromatic heterocycles. The molecule has 2 unspecified atom stereocenters. The third-order valence-electron chi connectivity index (χ3n) is 3.92. The van der Waals surface area contributed by atoms with Crippen LogP contribution >= 0.6 is 0 Å². The van der Waals surface area contributed by atoms with E-state index in [0.29, 0.717) is 18.0 Å². The number of methoxy groups -OCH3 is 1. The van der Waals surface area contributed by atoms with Gasteiger partial charge in [-0.05, 0) is 25.2 Å². The fourth-order valence-electron chi connectivity index (χ4n) is 3.18. The van der Waals surface area contributed by atoms with Crippen LogP contribution in [0, 0.1) is 5.92 Å². The summed E-state index contributed by atoms with van der Waals surface area (Å²) in [6.07, 6.45) is 6.27. The Hall–Kier alpha value is -0.770. The van der Waals surface area contributed by atoms with Gasteiger partial charge in [0.1, 0.15) is 0 Å². The summed E-state index contributed by atoms with van der Waals surface area (Å²) in [6.45, 7) is 3.83. The fraction of sp³-hybridized carbons (Fsp3) is 0.923. The molecule has 4 nitrogen and oxygen atoms in total. The van der Waals surface area contributed by atoms with E-state index in [2.05, 4.69) is 12.2 Å². The van der Waals surface area contributed by atoms with Crippen LogP contribution in [0.25, 0.3) is 0 Å². The zero-order chi connectivity index (χ0) is 12.3. The van der Waals surface area contributed by atoms with E-state index in [-0.39, 0.29) is 6.09 Å². The molecule has 1 aliphatic heterocycles. The van der Waals surface area contributed by atoms with Gasteiger partial charge in [-0.2, -0.15) is 0 Å². The molecular weight excluding hydrogens is 216 g/mol. The van der Waals surface area contributed by atoms with Crippen LogP contribution in [0.3, 0.4) is 0 Å². The van der Waals surface area contributed by atoms with Gasteiger partial charge in [0, 0.05) is 25.2 Å².